The van der Waals surface area contributed by atoms with E-state index in [2.05, 4.69) is 30.3 Å². The Hall–Kier alpha value is -1.82. The second kappa shape index (κ2) is 6.36. The molecular formula is C22H21NO2S2. The van der Waals surface area contributed by atoms with Crippen LogP contribution in [0.3, 0.4) is 0 Å². The molecule has 0 radical (unpaired) electrons. The maximum atomic E-state index is 13.3. The predicted molar refractivity (Wildman–Crippen MR) is 112 cm³/mol. The van der Waals surface area contributed by atoms with Crippen molar-refractivity contribution in [1.29, 1.82) is 0 Å². The van der Waals surface area contributed by atoms with Gasteiger partial charge in [0.2, 0.25) is 10.0 Å². The van der Waals surface area contributed by atoms with E-state index in [4.69, 9.17) is 0 Å². The summed E-state index contributed by atoms with van der Waals surface area (Å²) in [7, 11) is -3.51. The summed E-state index contributed by atoms with van der Waals surface area (Å²) >= 11 is 1.72. The van der Waals surface area contributed by atoms with E-state index < -0.39 is 10.0 Å². The lowest BCUT2D eigenvalue weighted by molar-refractivity contribution is 0.435. The molecule has 5 heteroatoms. The number of benzene rings is 3. The number of hydrogen-bond donors (Lipinski definition) is 0. The molecule has 0 bridgehead atoms. The molecule has 3 aromatic carbocycles. The number of hydrogen-bond acceptors (Lipinski definition) is 3. The van der Waals surface area contributed by atoms with Gasteiger partial charge in [0.25, 0.3) is 0 Å². The first-order chi connectivity index (χ1) is 13.1. The molecule has 27 heavy (non-hydrogen) atoms. The summed E-state index contributed by atoms with van der Waals surface area (Å²) < 4.78 is 28.3. The molecule has 0 unspecified atom stereocenters. The average Bonchev–Trinajstić information content (AvgIpc) is 3.32. The van der Waals surface area contributed by atoms with Gasteiger partial charge in [-0.2, -0.15) is 4.31 Å². The number of thioether (sulfide) groups is 1. The fraction of sp³-hybridized carbons (Fsp3) is 0.273. The molecule has 1 aliphatic carbocycles. The summed E-state index contributed by atoms with van der Waals surface area (Å²) in [5.74, 6) is 0.818. The SMILES string of the molecule is Cc1ccc(S(=O)(=O)N2CCS[C@H]2c2ccc3c4c(cccc24)CC3)cc1. The molecule has 0 aromatic heterocycles. The van der Waals surface area contributed by atoms with Gasteiger partial charge in [0.05, 0.1) is 10.3 Å². The van der Waals surface area contributed by atoms with Crippen LogP contribution >= 0.6 is 11.8 Å². The summed E-state index contributed by atoms with van der Waals surface area (Å²) in [4.78, 5) is 0.381. The zero-order valence-electron chi connectivity index (χ0n) is 15.2. The first kappa shape index (κ1) is 17.3. The van der Waals surface area contributed by atoms with Crippen LogP contribution in [0.25, 0.3) is 10.8 Å². The highest BCUT2D eigenvalue weighted by molar-refractivity contribution is 8.01. The topological polar surface area (TPSA) is 37.4 Å². The monoisotopic (exact) mass is 395 g/mol. The number of rotatable bonds is 3. The number of nitrogens with zero attached hydrogens (tertiary/aromatic N) is 1. The lowest BCUT2D eigenvalue weighted by atomic mass is 10.00. The molecule has 2 aliphatic rings. The third kappa shape index (κ3) is 2.72. The van der Waals surface area contributed by atoms with Crippen LogP contribution in [0.1, 0.15) is 27.6 Å². The molecule has 138 valence electrons. The van der Waals surface area contributed by atoms with Crippen LogP contribution in [0.4, 0.5) is 0 Å². The molecule has 5 rings (SSSR count). The van der Waals surface area contributed by atoms with Gasteiger partial charge in [0.15, 0.2) is 0 Å². The zero-order valence-corrected chi connectivity index (χ0v) is 16.8. The van der Waals surface area contributed by atoms with Crippen molar-refractivity contribution in [2.24, 2.45) is 0 Å². The molecule has 0 saturated carbocycles. The van der Waals surface area contributed by atoms with Gasteiger partial charge in [-0.1, -0.05) is 48.0 Å². The lowest BCUT2D eigenvalue weighted by Crippen LogP contribution is -2.30. The van der Waals surface area contributed by atoms with Crippen molar-refractivity contribution in [3.63, 3.8) is 0 Å². The first-order valence-corrected chi connectivity index (χ1v) is 11.8. The molecule has 1 heterocycles. The molecule has 1 aliphatic heterocycles. The van der Waals surface area contributed by atoms with Gasteiger partial charge in [-0.05, 0) is 59.4 Å². The van der Waals surface area contributed by atoms with Crippen LogP contribution in [-0.4, -0.2) is 25.0 Å². The Morgan fingerprint density at radius 1 is 0.963 bits per heavy atom. The van der Waals surface area contributed by atoms with Crippen molar-refractivity contribution in [2.45, 2.75) is 30.0 Å². The highest BCUT2D eigenvalue weighted by Crippen LogP contribution is 2.45. The van der Waals surface area contributed by atoms with Crippen LogP contribution in [0.15, 0.2) is 59.5 Å². The van der Waals surface area contributed by atoms with Gasteiger partial charge < -0.3 is 0 Å². The molecule has 0 amide bonds. The Balaban J connectivity index is 1.62. The summed E-state index contributed by atoms with van der Waals surface area (Å²) in [5, 5.41) is 2.39. The van der Waals surface area contributed by atoms with Gasteiger partial charge in [-0.15, -0.1) is 11.8 Å². The molecule has 3 nitrogen and oxygen atoms in total. The van der Waals surface area contributed by atoms with Crippen LogP contribution in [-0.2, 0) is 22.9 Å². The fourth-order valence-electron chi connectivity index (χ4n) is 4.28. The van der Waals surface area contributed by atoms with E-state index in [1.807, 2.05) is 19.1 Å². The minimum absolute atomic E-state index is 0.166. The van der Waals surface area contributed by atoms with Crippen LogP contribution < -0.4 is 0 Å². The predicted octanol–water partition coefficient (Wildman–Crippen LogP) is 4.68. The van der Waals surface area contributed by atoms with Gasteiger partial charge in [-0.3, -0.25) is 0 Å². The van der Waals surface area contributed by atoms with E-state index >= 15 is 0 Å². The van der Waals surface area contributed by atoms with Crippen molar-refractivity contribution in [1.82, 2.24) is 4.31 Å². The lowest BCUT2D eigenvalue weighted by Gasteiger charge is -2.25. The average molecular weight is 396 g/mol. The van der Waals surface area contributed by atoms with Crippen LogP contribution in [0.5, 0.6) is 0 Å². The van der Waals surface area contributed by atoms with Gasteiger partial charge in [0, 0.05) is 12.3 Å². The normalized spacial score (nSPS) is 19.8. The second-order valence-corrected chi connectivity index (χ2v) is 10.4. The molecule has 1 atom stereocenters. The van der Waals surface area contributed by atoms with E-state index in [9.17, 15) is 8.42 Å². The van der Waals surface area contributed by atoms with E-state index in [0.29, 0.717) is 11.4 Å². The minimum Gasteiger partial charge on any atom is -0.207 e. The van der Waals surface area contributed by atoms with Crippen LogP contribution in [0, 0.1) is 6.92 Å². The highest BCUT2D eigenvalue weighted by atomic mass is 32.2. The van der Waals surface area contributed by atoms with Crippen molar-refractivity contribution >= 4 is 32.6 Å². The number of sulfonamides is 1. The van der Waals surface area contributed by atoms with Crippen molar-refractivity contribution in [3.8, 4) is 0 Å². The van der Waals surface area contributed by atoms with Crippen molar-refractivity contribution in [3.05, 3.63) is 76.9 Å². The highest BCUT2D eigenvalue weighted by Gasteiger charge is 2.37. The molecule has 0 spiro atoms. The maximum Gasteiger partial charge on any atom is 0.244 e. The summed E-state index contributed by atoms with van der Waals surface area (Å²) in [6, 6.07) is 18.0. The smallest absolute Gasteiger partial charge is 0.207 e. The summed E-state index contributed by atoms with van der Waals surface area (Å²) in [6.07, 6.45) is 2.17. The third-order valence-corrected chi connectivity index (χ3v) is 8.91. The molecule has 1 fully saturated rings. The van der Waals surface area contributed by atoms with E-state index in [-0.39, 0.29) is 5.37 Å². The molecular weight excluding hydrogens is 374 g/mol. The fourth-order valence-corrected chi connectivity index (χ4v) is 7.54. The Morgan fingerprint density at radius 2 is 1.70 bits per heavy atom. The Labute approximate surface area is 164 Å². The Bertz CT molecular complexity index is 1130. The van der Waals surface area contributed by atoms with Crippen LogP contribution in [0.2, 0.25) is 0 Å². The number of aryl methyl sites for hydroxylation is 3. The second-order valence-electron chi connectivity index (χ2n) is 7.31. The first-order valence-electron chi connectivity index (χ1n) is 9.29. The van der Waals surface area contributed by atoms with Crippen molar-refractivity contribution in [2.75, 3.05) is 12.3 Å². The minimum atomic E-state index is -3.51. The van der Waals surface area contributed by atoms with E-state index in [0.717, 1.165) is 29.7 Å². The van der Waals surface area contributed by atoms with E-state index in [1.165, 1.54) is 21.9 Å². The Morgan fingerprint density at radius 3 is 2.48 bits per heavy atom. The molecule has 0 N–H and O–H groups in total. The van der Waals surface area contributed by atoms with Gasteiger partial charge >= 0.3 is 0 Å². The Kier molecular flexibility index (Phi) is 4.08. The zero-order chi connectivity index (χ0) is 18.6. The van der Waals surface area contributed by atoms with Crippen molar-refractivity contribution < 1.29 is 8.42 Å². The standard InChI is InChI=1S/C22H21NO2S2/c1-15-5-10-18(11-6-15)27(24,25)23-13-14-26-22(23)20-12-9-17-8-7-16-3-2-4-19(20)21(16)17/h2-6,9-12,22H,7-8,13-14H2,1H3/t22-/m0/s1. The quantitative estimate of drug-likeness (QED) is 0.646. The summed E-state index contributed by atoms with van der Waals surface area (Å²) in [5.41, 5.74) is 4.96. The molecule has 3 aromatic rings. The third-order valence-electron chi connectivity index (χ3n) is 5.65. The van der Waals surface area contributed by atoms with Gasteiger partial charge in [-0.25, -0.2) is 8.42 Å². The maximum absolute atomic E-state index is 13.3. The summed E-state index contributed by atoms with van der Waals surface area (Å²) in [6.45, 7) is 2.52. The van der Waals surface area contributed by atoms with Gasteiger partial charge in [0.1, 0.15) is 0 Å². The largest absolute Gasteiger partial charge is 0.244 e. The molecule has 1 saturated heterocycles. The van der Waals surface area contributed by atoms with E-state index in [1.54, 1.807) is 28.2 Å².